The molecular weight excluding hydrogens is 394 g/mol. The second-order valence-electron chi connectivity index (χ2n) is 8.21. The van der Waals surface area contributed by atoms with Gasteiger partial charge in [0.15, 0.2) is 0 Å². The van der Waals surface area contributed by atoms with Crippen LogP contribution < -0.4 is 10.1 Å². The summed E-state index contributed by atoms with van der Waals surface area (Å²) < 4.78 is 6.47. The van der Waals surface area contributed by atoms with Gasteiger partial charge in [-0.05, 0) is 55.1 Å². The van der Waals surface area contributed by atoms with Crippen LogP contribution in [0, 0.1) is 5.92 Å². The first-order valence-corrected chi connectivity index (χ1v) is 11.4. The van der Waals surface area contributed by atoms with Gasteiger partial charge in [-0.2, -0.15) is 0 Å². The van der Waals surface area contributed by atoms with Gasteiger partial charge in [-0.1, -0.05) is 38.1 Å². The van der Waals surface area contributed by atoms with E-state index in [1.54, 1.807) is 18.4 Å². The third-order valence-electron chi connectivity index (χ3n) is 5.76. The third kappa shape index (κ3) is 4.50. The van der Waals surface area contributed by atoms with E-state index in [-0.39, 0.29) is 18.0 Å². The van der Waals surface area contributed by atoms with E-state index in [1.807, 2.05) is 30.3 Å². The number of carbonyl (C=O) groups is 1. The fourth-order valence-corrected chi connectivity index (χ4v) is 5.31. The minimum atomic E-state index is -0.0214. The van der Waals surface area contributed by atoms with Crippen molar-refractivity contribution in [3.05, 3.63) is 59.1 Å². The Kier molecular flexibility index (Phi) is 6.35. The maximum Gasteiger partial charge on any atom is 0.234 e. The summed E-state index contributed by atoms with van der Waals surface area (Å²) in [6.07, 6.45) is 2.15. The number of fused-ring (bicyclic) bond motifs is 1. The molecule has 1 amide bonds. The predicted octanol–water partition coefficient (Wildman–Crippen LogP) is 4.96. The van der Waals surface area contributed by atoms with Crippen molar-refractivity contribution in [2.75, 3.05) is 20.2 Å². The van der Waals surface area contributed by atoms with Crippen LogP contribution in [0.5, 0.6) is 5.75 Å². The minimum Gasteiger partial charge on any atom is -0.497 e. The highest BCUT2D eigenvalue weighted by Crippen LogP contribution is 2.36. The molecule has 1 aromatic heterocycles. The van der Waals surface area contributed by atoms with Crippen LogP contribution in [0.25, 0.3) is 10.2 Å². The average Bonchev–Trinajstić information content (AvgIpc) is 3.38. The third-order valence-corrected chi connectivity index (χ3v) is 6.90. The highest BCUT2D eigenvalue weighted by molar-refractivity contribution is 7.18. The molecule has 6 heteroatoms. The number of ether oxygens (including phenoxy) is 1. The number of thiazole rings is 1. The molecule has 1 fully saturated rings. The second-order valence-corrected chi connectivity index (χ2v) is 9.27. The normalized spacial score (nSPS) is 18.1. The number of benzene rings is 2. The molecule has 0 saturated carbocycles. The molecule has 1 aliphatic heterocycles. The molecule has 0 bridgehead atoms. The Bertz CT molecular complexity index is 966. The van der Waals surface area contributed by atoms with Gasteiger partial charge in [0, 0.05) is 0 Å². The Labute approximate surface area is 182 Å². The first-order chi connectivity index (χ1) is 14.5. The minimum absolute atomic E-state index is 0.0214. The van der Waals surface area contributed by atoms with Crippen molar-refractivity contribution < 1.29 is 9.53 Å². The van der Waals surface area contributed by atoms with Crippen molar-refractivity contribution in [1.82, 2.24) is 15.2 Å². The molecule has 4 rings (SSSR count). The number of para-hydroxylation sites is 1. The number of hydrogen-bond donors (Lipinski definition) is 1. The summed E-state index contributed by atoms with van der Waals surface area (Å²) in [5, 5.41) is 4.38. The van der Waals surface area contributed by atoms with E-state index >= 15 is 0 Å². The van der Waals surface area contributed by atoms with Crippen LogP contribution in [0.3, 0.4) is 0 Å². The van der Waals surface area contributed by atoms with Crippen molar-refractivity contribution >= 4 is 27.5 Å². The van der Waals surface area contributed by atoms with E-state index in [2.05, 4.69) is 42.3 Å². The predicted molar refractivity (Wildman–Crippen MR) is 122 cm³/mol. The molecule has 1 N–H and O–H groups in total. The summed E-state index contributed by atoms with van der Waals surface area (Å²) in [6.45, 7) is 5.60. The SMILES string of the molecule is COc1ccc(C(NC(=O)CN2CCCC2c2nc3ccccc3s2)C(C)C)cc1. The van der Waals surface area contributed by atoms with Crippen LogP contribution in [0.2, 0.25) is 0 Å². The standard InChI is InChI=1S/C24H29N3O2S/c1-16(2)23(17-10-12-18(29-3)13-11-17)26-22(28)15-27-14-6-8-20(27)24-25-19-7-4-5-9-21(19)30-24/h4-5,7,9-13,16,20,23H,6,8,14-15H2,1-3H3,(H,26,28). The van der Waals surface area contributed by atoms with E-state index in [4.69, 9.17) is 9.72 Å². The molecule has 30 heavy (non-hydrogen) atoms. The first-order valence-electron chi connectivity index (χ1n) is 10.6. The lowest BCUT2D eigenvalue weighted by Crippen LogP contribution is -2.40. The van der Waals surface area contributed by atoms with Gasteiger partial charge in [0.25, 0.3) is 0 Å². The summed E-state index contributed by atoms with van der Waals surface area (Å²) in [6, 6.07) is 16.4. The quantitative estimate of drug-likeness (QED) is 0.584. The fourth-order valence-electron chi connectivity index (χ4n) is 4.18. The number of hydrogen-bond acceptors (Lipinski definition) is 5. The van der Waals surface area contributed by atoms with Gasteiger partial charge in [0.1, 0.15) is 10.8 Å². The zero-order valence-corrected chi connectivity index (χ0v) is 18.6. The van der Waals surface area contributed by atoms with Crippen molar-refractivity contribution in [1.29, 1.82) is 0 Å². The molecule has 2 heterocycles. The van der Waals surface area contributed by atoms with Crippen molar-refractivity contribution in [2.45, 2.75) is 38.8 Å². The lowest BCUT2D eigenvalue weighted by atomic mass is 9.96. The van der Waals surface area contributed by atoms with E-state index in [0.29, 0.717) is 12.5 Å². The summed E-state index contributed by atoms with van der Waals surface area (Å²) >= 11 is 1.75. The number of carbonyl (C=O) groups excluding carboxylic acids is 1. The van der Waals surface area contributed by atoms with Crippen LogP contribution in [0.15, 0.2) is 48.5 Å². The number of likely N-dealkylation sites (tertiary alicyclic amines) is 1. The number of amides is 1. The second kappa shape index (κ2) is 9.14. The Morgan fingerprint density at radius 2 is 2.00 bits per heavy atom. The summed E-state index contributed by atoms with van der Waals surface area (Å²) in [5.41, 5.74) is 2.15. The zero-order valence-electron chi connectivity index (χ0n) is 17.8. The van der Waals surface area contributed by atoms with E-state index < -0.39 is 0 Å². The highest BCUT2D eigenvalue weighted by atomic mass is 32.1. The average molecular weight is 424 g/mol. The number of aromatic nitrogens is 1. The topological polar surface area (TPSA) is 54.5 Å². The van der Waals surface area contributed by atoms with Gasteiger partial charge in [-0.25, -0.2) is 4.98 Å². The molecule has 0 spiro atoms. The van der Waals surface area contributed by atoms with Gasteiger partial charge >= 0.3 is 0 Å². The Morgan fingerprint density at radius 3 is 2.70 bits per heavy atom. The van der Waals surface area contributed by atoms with Crippen LogP contribution in [-0.4, -0.2) is 36.0 Å². The molecule has 1 aliphatic rings. The van der Waals surface area contributed by atoms with E-state index in [9.17, 15) is 4.79 Å². The van der Waals surface area contributed by atoms with Gasteiger partial charge in [-0.15, -0.1) is 11.3 Å². The van der Waals surface area contributed by atoms with Gasteiger partial charge < -0.3 is 10.1 Å². The largest absolute Gasteiger partial charge is 0.497 e. The maximum absolute atomic E-state index is 13.0. The maximum atomic E-state index is 13.0. The molecule has 2 aromatic carbocycles. The molecular formula is C24H29N3O2S. The molecule has 3 aromatic rings. The van der Waals surface area contributed by atoms with Gasteiger partial charge in [-0.3, -0.25) is 9.69 Å². The molecule has 2 atom stereocenters. The lowest BCUT2D eigenvalue weighted by molar-refractivity contribution is -0.123. The lowest BCUT2D eigenvalue weighted by Gasteiger charge is -2.26. The molecule has 2 unspecified atom stereocenters. The highest BCUT2D eigenvalue weighted by Gasteiger charge is 2.30. The van der Waals surface area contributed by atoms with Gasteiger partial charge in [0.2, 0.25) is 5.91 Å². The van der Waals surface area contributed by atoms with E-state index in [1.165, 1.54) is 4.70 Å². The number of nitrogens with one attached hydrogen (secondary N) is 1. The van der Waals surface area contributed by atoms with Crippen molar-refractivity contribution in [2.24, 2.45) is 5.92 Å². The molecule has 1 saturated heterocycles. The summed E-state index contributed by atoms with van der Waals surface area (Å²) in [7, 11) is 1.66. The Morgan fingerprint density at radius 1 is 1.23 bits per heavy atom. The number of rotatable bonds is 7. The molecule has 5 nitrogen and oxygen atoms in total. The van der Waals surface area contributed by atoms with Crippen molar-refractivity contribution in [3.63, 3.8) is 0 Å². The molecule has 158 valence electrons. The number of nitrogens with zero attached hydrogens (tertiary/aromatic N) is 2. The van der Waals surface area contributed by atoms with Gasteiger partial charge in [0.05, 0.1) is 36.0 Å². The van der Waals surface area contributed by atoms with Crippen molar-refractivity contribution in [3.8, 4) is 5.75 Å². The summed E-state index contributed by atoms with van der Waals surface area (Å²) in [4.78, 5) is 20.1. The van der Waals surface area contributed by atoms with Crippen LogP contribution in [0.1, 0.15) is 49.3 Å². The van der Waals surface area contributed by atoms with E-state index in [0.717, 1.165) is 41.2 Å². The smallest absolute Gasteiger partial charge is 0.234 e. The zero-order chi connectivity index (χ0) is 21.1. The molecule has 0 radical (unpaired) electrons. The number of methoxy groups -OCH3 is 1. The van der Waals surface area contributed by atoms with Crippen LogP contribution >= 0.6 is 11.3 Å². The summed E-state index contributed by atoms with van der Waals surface area (Å²) in [5.74, 6) is 1.18. The monoisotopic (exact) mass is 423 g/mol. The fraction of sp³-hybridized carbons (Fsp3) is 0.417. The Balaban J connectivity index is 1.44. The van der Waals surface area contributed by atoms with Crippen LogP contribution in [-0.2, 0) is 4.79 Å². The Hall–Kier alpha value is -2.44. The molecule has 0 aliphatic carbocycles. The first kappa shape index (κ1) is 20.8. The van der Waals surface area contributed by atoms with Crippen LogP contribution in [0.4, 0.5) is 0 Å².